The van der Waals surface area contributed by atoms with Gasteiger partial charge in [0.25, 0.3) is 0 Å². The Morgan fingerprint density at radius 2 is 2.05 bits per heavy atom. The summed E-state index contributed by atoms with van der Waals surface area (Å²) in [6, 6.07) is 13.5. The average molecular weight is 335 g/mol. The van der Waals surface area contributed by atoms with E-state index in [1.165, 1.54) is 11.6 Å². The van der Waals surface area contributed by atoms with Crippen molar-refractivity contribution >= 4 is 21.6 Å². The SMILES string of the molecule is NC1Cc2ccccc2N(Cc2ccc(Br)cc2F)C1. The third kappa shape index (κ3) is 2.72. The first-order chi connectivity index (χ1) is 9.63. The van der Waals surface area contributed by atoms with Crippen LogP contribution in [0.15, 0.2) is 46.9 Å². The maximum Gasteiger partial charge on any atom is 0.129 e. The summed E-state index contributed by atoms with van der Waals surface area (Å²) in [7, 11) is 0. The minimum absolute atomic E-state index is 0.100. The maximum absolute atomic E-state index is 14.0. The first kappa shape index (κ1) is 13.6. The molecule has 4 heteroatoms. The summed E-state index contributed by atoms with van der Waals surface area (Å²) in [4.78, 5) is 2.16. The Morgan fingerprint density at radius 1 is 1.25 bits per heavy atom. The van der Waals surface area contributed by atoms with Crippen molar-refractivity contribution in [2.24, 2.45) is 5.73 Å². The monoisotopic (exact) mass is 334 g/mol. The minimum Gasteiger partial charge on any atom is -0.365 e. The van der Waals surface area contributed by atoms with Crippen molar-refractivity contribution in [1.29, 1.82) is 0 Å². The van der Waals surface area contributed by atoms with E-state index in [-0.39, 0.29) is 11.9 Å². The van der Waals surface area contributed by atoms with E-state index in [4.69, 9.17) is 5.73 Å². The standard InChI is InChI=1S/C16H16BrFN2/c17-13-6-5-12(15(18)8-13)9-20-10-14(19)7-11-3-1-2-4-16(11)20/h1-6,8,14H,7,9-10,19H2. The number of hydrogen-bond donors (Lipinski definition) is 1. The number of fused-ring (bicyclic) bond motifs is 1. The summed E-state index contributed by atoms with van der Waals surface area (Å²) in [6.45, 7) is 1.30. The number of nitrogens with zero attached hydrogens (tertiary/aromatic N) is 1. The molecule has 0 spiro atoms. The van der Waals surface area contributed by atoms with E-state index in [2.05, 4.69) is 33.0 Å². The third-order valence-electron chi connectivity index (χ3n) is 3.65. The van der Waals surface area contributed by atoms with Gasteiger partial charge in [0, 0.05) is 34.9 Å². The Balaban J connectivity index is 1.91. The minimum atomic E-state index is -0.184. The highest BCUT2D eigenvalue weighted by molar-refractivity contribution is 9.10. The van der Waals surface area contributed by atoms with Gasteiger partial charge in [-0.1, -0.05) is 40.2 Å². The smallest absolute Gasteiger partial charge is 0.129 e. The molecule has 0 radical (unpaired) electrons. The van der Waals surface area contributed by atoms with Crippen molar-refractivity contribution in [3.63, 3.8) is 0 Å². The Kier molecular flexibility index (Phi) is 3.76. The zero-order chi connectivity index (χ0) is 14.1. The molecule has 0 bridgehead atoms. The highest BCUT2D eigenvalue weighted by Gasteiger charge is 2.22. The normalized spacial score (nSPS) is 17.9. The maximum atomic E-state index is 14.0. The van der Waals surface area contributed by atoms with Crippen LogP contribution in [0.5, 0.6) is 0 Å². The lowest BCUT2D eigenvalue weighted by Gasteiger charge is -2.34. The van der Waals surface area contributed by atoms with Gasteiger partial charge in [-0.05, 0) is 30.2 Å². The molecule has 1 aliphatic rings. The Bertz CT molecular complexity index is 630. The molecule has 2 N–H and O–H groups in total. The molecule has 0 aromatic heterocycles. The van der Waals surface area contributed by atoms with Crippen LogP contribution in [-0.2, 0) is 13.0 Å². The van der Waals surface area contributed by atoms with Gasteiger partial charge < -0.3 is 10.6 Å². The second kappa shape index (κ2) is 5.54. The highest BCUT2D eigenvalue weighted by atomic mass is 79.9. The molecule has 0 saturated heterocycles. The van der Waals surface area contributed by atoms with E-state index in [1.807, 2.05) is 24.3 Å². The van der Waals surface area contributed by atoms with Crippen molar-refractivity contribution in [2.75, 3.05) is 11.4 Å². The predicted octanol–water partition coefficient (Wildman–Crippen LogP) is 3.48. The molecule has 2 aromatic rings. The van der Waals surface area contributed by atoms with Crippen LogP contribution in [0.3, 0.4) is 0 Å². The molecular formula is C16H16BrFN2. The van der Waals surface area contributed by atoms with Gasteiger partial charge >= 0.3 is 0 Å². The summed E-state index contributed by atoms with van der Waals surface area (Å²) in [5.41, 5.74) is 9.21. The number of nitrogens with two attached hydrogens (primary N) is 1. The van der Waals surface area contributed by atoms with Gasteiger partial charge in [-0.25, -0.2) is 4.39 Å². The molecular weight excluding hydrogens is 319 g/mol. The molecule has 0 saturated carbocycles. The molecule has 0 fully saturated rings. The van der Waals surface area contributed by atoms with Gasteiger partial charge in [0.15, 0.2) is 0 Å². The highest BCUT2D eigenvalue weighted by Crippen LogP contribution is 2.28. The number of anilines is 1. The van der Waals surface area contributed by atoms with Gasteiger partial charge in [0.1, 0.15) is 5.82 Å². The summed E-state index contributed by atoms with van der Waals surface area (Å²) in [6.07, 6.45) is 0.884. The molecule has 1 heterocycles. The fraction of sp³-hybridized carbons (Fsp3) is 0.250. The molecule has 2 aromatic carbocycles. The van der Waals surface area contributed by atoms with E-state index >= 15 is 0 Å². The number of rotatable bonds is 2. The number of para-hydroxylation sites is 1. The topological polar surface area (TPSA) is 29.3 Å². The first-order valence-electron chi connectivity index (χ1n) is 6.66. The van der Waals surface area contributed by atoms with E-state index in [9.17, 15) is 4.39 Å². The van der Waals surface area contributed by atoms with Crippen molar-refractivity contribution in [1.82, 2.24) is 0 Å². The molecule has 2 nitrogen and oxygen atoms in total. The zero-order valence-electron chi connectivity index (χ0n) is 11.0. The summed E-state index contributed by atoms with van der Waals surface area (Å²) < 4.78 is 14.7. The average Bonchev–Trinajstić information content (AvgIpc) is 2.41. The van der Waals surface area contributed by atoms with Crippen LogP contribution >= 0.6 is 15.9 Å². The molecule has 1 atom stereocenters. The largest absolute Gasteiger partial charge is 0.365 e. The van der Waals surface area contributed by atoms with Gasteiger partial charge in [-0.15, -0.1) is 0 Å². The number of hydrogen-bond acceptors (Lipinski definition) is 2. The first-order valence-corrected chi connectivity index (χ1v) is 7.45. The second-order valence-electron chi connectivity index (χ2n) is 5.21. The Hall–Kier alpha value is -1.39. The molecule has 3 rings (SSSR count). The fourth-order valence-electron chi connectivity index (χ4n) is 2.73. The van der Waals surface area contributed by atoms with Crippen molar-refractivity contribution in [2.45, 2.75) is 19.0 Å². The molecule has 1 aliphatic heterocycles. The quantitative estimate of drug-likeness (QED) is 0.910. The van der Waals surface area contributed by atoms with Crippen LogP contribution < -0.4 is 10.6 Å². The van der Waals surface area contributed by atoms with Crippen LogP contribution in [-0.4, -0.2) is 12.6 Å². The summed E-state index contributed by atoms with van der Waals surface area (Å²) in [5.74, 6) is -0.184. The van der Waals surface area contributed by atoms with Gasteiger partial charge in [-0.2, -0.15) is 0 Å². The second-order valence-corrected chi connectivity index (χ2v) is 6.12. The van der Waals surface area contributed by atoms with Crippen LogP contribution in [0, 0.1) is 5.82 Å². The van der Waals surface area contributed by atoms with Crippen molar-refractivity contribution in [3.05, 3.63) is 63.9 Å². The van der Waals surface area contributed by atoms with E-state index < -0.39 is 0 Å². The summed E-state index contributed by atoms with van der Waals surface area (Å²) in [5, 5.41) is 0. The van der Waals surface area contributed by atoms with E-state index in [0.29, 0.717) is 12.1 Å². The van der Waals surface area contributed by atoms with Gasteiger partial charge in [-0.3, -0.25) is 0 Å². The van der Waals surface area contributed by atoms with Crippen LogP contribution in [0.1, 0.15) is 11.1 Å². The van der Waals surface area contributed by atoms with Gasteiger partial charge in [0.2, 0.25) is 0 Å². The molecule has 104 valence electrons. The van der Waals surface area contributed by atoms with Gasteiger partial charge in [0.05, 0.1) is 0 Å². The zero-order valence-corrected chi connectivity index (χ0v) is 12.6. The fourth-order valence-corrected chi connectivity index (χ4v) is 3.06. The Labute approximate surface area is 126 Å². The predicted molar refractivity (Wildman–Crippen MR) is 83.3 cm³/mol. The Morgan fingerprint density at radius 3 is 2.85 bits per heavy atom. The third-order valence-corrected chi connectivity index (χ3v) is 4.14. The lowest BCUT2D eigenvalue weighted by atomic mass is 9.98. The van der Waals surface area contributed by atoms with Crippen LogP contribution in [0.4, 0.5) is 10.1 Å². The van der Waals surface area contributed by atoms with Crippen LogP contribution in [0.2, 0.25) is 0 Å². The van der Waals surface area contributed by atoms with Crippen molar-refractivity contribution in [3.8, 4) is 0 Å². The summed E-state index contributed by atoms with van der Waals surface area (Å²) >= 11 is 3.28. The van der Waals surface area contributed by atoms with E-state index in [0.717, 1.165) is 23.1 Å². The molecule has 20 heavy (non-hydrogen) atoms. The number of benzene rings is 2. The van der Waals surface area contributed by atoms with Crippen molar-refractivity contribution < 1.29 is 4.39 Å². The number of halogens is 2. The molecule has 0 aliphatic carbocycles. The molecule has 1 unspecified atom stereocenters. The van der Waals surface area contributed by atoms with E-state index in [1.54, 1.807) is 0 Å². The lowest BCUT2D eigenvalue weighted by molar-refractivity contribution is 0.573. The molecule has 0 amide bonds. The lowest BCUT2D eigenvalue weighted by Crippen LogP contribution is -2.43. The van der Waals surface area contributed by atoms with Crippen LogP contribution in [0.25, 0.3) is 0 Å².